The monoisotopic (exact) mass is 405 g/mol. The number of hydrogen-bond acceptors (Lipinski definition) is 5. The third kappa shape index (κ3) is 4.02. The van der Waals surface area contributed by atoms with Gasteiger partial charge in [-0.15, -0.1) is 0 Å². The number of rotatable bonds is 6. The first-order valence-electron chi connectivity index (χ1n) is 9.09. The zero-order valence-electron chi connectivity index (χ0n) is 15.8. The number of carbonyl (C=O) groups excluding carboxylic acids is 1. The van der Waals surface area contributed by atoms with Crippen LogP contribution in [0.5, 0.6) is 5.75 Å². The molecule has 0 fully saturated rings. The van der Waals surface area contributed by atoms with Crippen molar-refractivity contribution in [3.63, 3.8) is 0 Å². The number of benzene rings is 2. The van der Waals surface area contributed by atoms with Crippen molar-refractivity contribution >= 4 is 34.7 Å². The standard InChI is InChI=1S/C21H19N5O2S/c1-28-15-9-7-14(8-10-15)20-24-25-21(29)26(20)13-11-19(27)23-18-6-2-5-17-16(18)4-3-12-22-17/h2-10,12H,11,13H2,1H3,(H,23,27)(H,25,29). The van der Waals surface area contributed by atoms with Crippen LogP contribution in [0.3, 0.4) is 0 Å². The third-order valence-electron chi connectivity index (χ3n) is 4.59. The number of hydrogen-bond donors (Lipinski definition) is 2. The quantitative estimate of drug-likeness (QED) is 0.470. The fourth-order valence-corrected chi connectivity index (χ4v) is 3.35. The Kier molecular flexibility index (Phi) is 5.35. The topological polar surface area (TPSA) is 84.8 Å². The van der Waals surface area contributed by atoms with E-state index in [1.165, 1.54) is 0 Å². The van der Waals surface area contributed by atoms with Gasteiger partial charge in [-0.3, -0.25) is 19.4 Å². The number of amides is 1. The molecule has 4 aromatic rings. The number of ether oxygens (including phenoxy) is 1. The SMILES string of the molecule is COc1ccc(-c2n[nH]c(=S)n2CCC(=O)Nc2cccc3ncccc23)cc1. The van der Waals surface area contributed by atoms with E-state index >= 15 is 0 Å². The van der Waals surface area contributed by atoms with Crippen molar-refractivity contribution in [3.8, 4) is 17.1 Å². The highest BCUT2D eigenvalue weighted by Crippen LogP contribution is 2.23. The van der Waals surface area contributed by atoms with Gasteiger partial charge in [-0.2, -0.15) is 5.10 Å². The summed E-state index contributed by atoms with van der Waals surface area (Å²) in [4.78, 5) is 16.9. The second kappa shape index (κ2) is 8.24. The highest BCUT2D eigenvalue weighted by molar-refractivity contribution is 7.71. The Morgan fingerprint density at radius 2 is 2.00 bits per heavy atom. The number of aromatic amines is 1. The molecule has 0 radical (unpaired) electrons. The van der Waals surface area contributed by atoms with Crippen LogP contribution < -0.4 is 10.1 Å². The van der Waals surface area contributed by atoms with Crippen molar-refractivity contribution in [1.82, 2.24) is 19.7 Å². The highest BCUT2D eigenvalue weighted by Gasteiger charge is 2.12. The summed E-state index contributed by atoms with van der Waals surface area (Å²) in [5.74, 6) is 1.34. The molecular formula is C21H19N5O2S. The Morgan fingerprint density at radius 3 is 2.79 bits per heavy atom. The summed E-state index contributed by atoms with van der Waals surface area (Å²) in [5, 5.41) is 11.0. The fourth-order valence-electron chi connectivity index (χ4n) is 3.12. The molecule has 8 heteroatoms. The summed E-state index contributed by atoms with van der Waals surface area (Å²) >= 11 is 5.35. The largest absolute Gasteiger partial charge is 0.497 e. The number of pyridine rings is 1. The van der Waals surface area contributed by atoms with E-state index < -0.39 is 0 Å². The number of carbonyl (C=O) groups is 1. The molecule has 0 aliphatic heterocycles. The van der Waals surface area contributed by atoms with E-state index in [4.69, 9.17) is 17.0 Å². The molecule has 2 N–H and O–H groups in total. The Bertz CT molecular complexity index is 1210. The molecule has 2 aromatic heterocycles. The van der Waals surface area contributed by atoms with Crippen molar-refractivity contribution in [2.24, 2.45) is 0 Å². The van der Waals surface area contributed by atoms with Gasteiger partial charge in [0.2, 0.25) is 5.91 Å². The Hall–Kier alpha value is -3.52. The molecule has 0 unspecified atom stereocenters. The molecule has 4 rings (SSSR count). The van der Waals surface area contributed by atoms with Crippen LogP contribution in [0.2, 0.25) is 0 Å². The molecule has 7 nitrogen and oxygen atoms in total. The normalized spacial score (nSPS) is 10.8. The average molecular weight is 405 g/mol. The highest BCUT2D eigenvalue weighted by atomic mass is 32.1. The van der Waals surface area contributed by atoms with Gasteiger partial charge >= 0.3 is 0 Å². The van der Waals surface area contributed by atoms with Gasteiger partial charge in [-0.05, 0) is 60.7 Å². The number of nitrogens with one attached hydrogen (secondary N) is 2. The second-order valence-electron chi connectivity index (χ2n) is 6.41. The van der Waals surface area contributed by atoms with Gasteiger partial charge in [0.25, 0.3) is 0 Å². The molecule has 29 heavy (non-hydrogen) atoms. The summed E-state index contributed by atoms with van der Waals surface area (Å²) in [5.41, 5.74) is 2.47. The van der Waals surface area contributed by atoms with Crippen molar-refractivity contribution in [3.05, 3.63) is 65.6 Å². The molecule has 0 aliphatic carbocycles. The Labute approximate surface area is 172 Å². The minimum absolute atomic E-state index is 0.106. The Morgan fingerprint density at radius 1 is 1.17 bits per heavy atom. The number of aromatic nitrogens is 4. The van der Waals surface area contributed by atoms with Crippen LogP contribution in [0, 0.1) is 4.77 Å². The minimum Gasteiger partial charge on any atom is -0.497 e. The summed E-state index contributed by atoms with van der Waals surface area (Å²) in [6.45, 7) is 0.408. The zero-order chi connectivity index (χ0) is 20.2. The van der Waals surface area contributed by atoms with Gasteiger partial charge in [-0.25, -0.2) is 0 Å². The molecule has 2 aromatic carbocycles. The molecule has 1 amide bonds. The van der Waals surface area contributed by atoms with E-state index in [9.17, 15) is 4.79 Å². The van der Waals surface area contributed by atoms with Crippen molar-refractivity contribution in [2.45, 2.75) is 13.0 Å². The van der Waals surface area contributed by atoms with E-state index in [1.807, 2.05) is 59.2 Å². The minimum atomic E-state index is -0.106. The Balaban J connectivity index is 1.49. The maximum atomic E-state index is 12.6. The summed E-state index contributed by atoms with van der Waals surface area (Å²) < 4.78 is 7.48. The van der Waals surface area contributed by atoms with Gasteiger partial charge in [0.15, 0.2) is 10.6 Å². The van der Waals surface area contributed by atoms with E-state index in [2.05, 4.69) is 20.5 Å². The van der Waals surface area contributed by atoms with Crippen LogP contribution in [0.4, 0.5) is 5.69 Å². The van der Waals surface area contributed by atoms with Gasteiger partial charge in [0.05, 0.1) is 18.3 Å². The number of H-pyrrole nitrogens is 1. The zero-order valence-corrected chi connectivity index (χ0v) is 16.6. The molecule has 0 spiro atoms. The molecule has 0 bridgehead atoms. The molecule has 0 aliphatic rings. The number of anilines is 1. The lowest BCUT2D eigenvalue weighted by atomic mass is 10.2. The van der Waals surface area contributed by atoms with Crippen molar-refractivity contribution in [1.29, 1.82) is 0 Å². The first-order chi connectivity index (χ1) is 14.2. The van der Waals surface area contributed by atoms with Crippen LogP contribution in [0.1, 0.15) is 6.42 Å². The lowest BCUT2D eigenvalue weighted by Gasteiger charge is -2.10. The van der Waals surface area contributed by atoms with E-state index in [1.54, 1.807) is 13.3 Å². The predicted octanol–water partition coefficient (Wildman–Crippen LogP) is 4.19. The van der Waals surface area contributed by atoms with Crippen LogP contribution in [0.25, 0.3) is 22.3 Å². The molecule has 0 atom stereocenters. The van der Waals surface area contributed by atoms with Crippen LogP contribution in [-0.4, -0.2) is 32.8 Å². The summed E-state index contributed by atoms with van der Waals surface area (Å²) in [7, 11) is 1.62. The molecule has 0 saturated heterocycles. The second-order valence-corrected chi connectivity index (χ2v) is 6.79. The van der Waals surface area contributed by atoms with Gasteiger partial charge in [0.1, 0.15) is 5.75 Å². The number of methoxy groups -OCH3 is 1. The lowest BCUT2D eigenvalue weighted by molar-refractivity contribution is -0.116. The smallest absolute Gasteiger partial charge is 0.226 e. The number of nitrogens with zero attached hydrogens (tertiary/aromatic N) is 3. The van der Waals surface area contributed by atoms with E-state index in [-0.39, 0.29) is 12.3 Å². The molecule has 0 saturated carbocycles. The first-order valence-corrected chi connectivity index (χ1v) is 9.50. The van der Waals surface area contributed by atoms with Gasteiger partial charge < -0.3 is 10.1 Å². The maximum Gasteiger partial charge on any atom is 0.226 e. The number of fused-ring (bicyclic) bond motifs is 1. The predicted molar refractivity (Wildman–Crippen MR) is 114 cm³/mol. The van der Waals surface area contributed by atoms with Crippen LogP contribution in [0.15, 0.2) is 60.8 Å². The van der Waals surface area contributed by atoms with Gasteiger partial charge in [0, 0.05) is 30.1 Å². The maximum absolute atomic E-state index is 12.6. The van der Waals surface area contributed by atoms with Crippen LogP contribution >= 0.6 is 12.2 Å². The lowest BCUT2D eigenvalue weighted by Crippen LogP contribution is -2.15. The molecule has 2 heterocycles. The van der Waals surface area contributed by atoms with Crippen molar-refractivity contribution in [2.75, 3.05) is 12.4 Å². The van der Waals surface area contributed by atoms with E-state index in [0.717, 1.165) is 27.9 Å². The van der Waals surface area contributed by atoms with Gasteiger partial charge in [-0.1, -0.05) is 6.07 Å². The summed E-state index contributed by atoms with van der Waals surface area (Å²) in [6, 6.07) is 17.0. The van der Waals surface area contributed by atoms with Crippen molar-refractivity contribution < 1.29 is 9.53 Å². The van der Waals surface area contributed by atoms with Crippen LogP contribution in [-0.2, 0) is 11.3 Å². The fraction of sp³-hybridized carbons (Fsp3) is 0.143. The summed E-state index contributed by atoms with van der Waals surface area (Å²) in [6.07, 6.45) is 1.99. The molecular weight excluding hydrogens is 386 g/mol. The van der Waals surface area contributed by atoms with E-state index in [0.29, 0.717) is 17.1 Å². The molecule has 146 valence electrons. The first kappa shape index (κ1) is 18.8. The third-order valence-corrected chi connectivity index (χ3v) is 4.90. The average Bonchev–Trinajstić information content (AvgIpc) is 3.13.